The number of rotatable bonds is 13. The minimum atomic E-state index is -0.0111. The van der Waals surface area contributed by atoms with Gasteiger partial charge in [0.05, 0.1) is 13.2 Å². The van der Waals surface area contributed by atoms with Gasteiger partial charge in [0.1, 0.15) is 0 Å². The van der Waals surface area contributed by atoms with Crippen molar-refractivity contribution in [3.63, 3.8) is 0 Å². The molecule has 0 aromatic carbocycles. The molecule has 0 N–H and O–H groups in total. The highest BCUT2D eigenvalue weighted by atomic mass is 16.7. The van der Waals surface area contributed by atoms with Crippen LogP contribution < -0.4 is 0 Å². The van der Waals surface area contributed by atoms with Crippen molar-refractivity contribution in [2.24, 2.45) is 5.11 Å². The lowest BCUT2D eigenvalue weighted by atomic mass is 10.2. The highest BCUT2D eigenvalue weighted by Gasteiger charge is 2.13. The second-order valence-electron chi connectivity index (χ2n) is 5.34. The van der Waals surface area contributed by atoms with E-state index < -0.39 is 0 Å². The molecule has 0 aromatic rings. The van der Waals surface area contributed by atoms with E-state index in [1.807, 2.05) is 0 Å². The molecule has 0 aromatic heterocycles. The maximum absolute atomic E-state index is 8.12. The molecule has 0 amide bonds. The smallest absolute Gasteiger partial charge is 0.157 e. The van der Waals surface area contributed by atoms with E-state index in [4.69, 9.17) is 19.7 Å². The van der Waals surface area contributed by atoms with Crippen LogP contribution in [0.4, 0.5) is 0 Å². The summed E-state index contributed by atoms with van der Waals surface area (Å²) in [5.74, 6) is 0. The molecule has 126 valence electrons. The molecule has 0 saturated carbocycles. The van der Waals surface area contributed by atoms with Crippen LogP contribution in [-0.2, 0) is 14.2 Å². The third-order valence-corrected chi connectivity index (χ3v) is 3.45. The first-order valence-electron chi connectivity index (χ1n) is 8.40. The van der Waals surface area contributed by atoms with Gasteiger partial charge in [-0.05, 0) is 50.5 Å². The fourth-order valence-electron chi connectivity index (χ4n) is 2.24. The van der Waals surface area contributed by atoms with Gasteiger partial charge in [-0.3, -0.25) is 0 Å². The average Bonchev–Trinajstić information content (AvgIpc) is 2.56. The first-order chi connectivity index (χ1) is 10.9. The lowest BCUT2D eigenvalue weighted by Gasteiger charge is -2.22. The predicted molar refractivity (Wildman–Crippen MR) is 86.6 cm³/mol. The molecular formula is C16H29N3O3. The normalized spacial score (nSPS) is 18.5. The maximum atomic E-state index is 8.12. The molecule has 1 aliphatic heterocycles. The maximum Gasteiger partial charge on any atom is 0.157 e. The Morgan fingerprint density at radius 2 is 2.00 bits per heavy atom. The third-order valence-electron chi connectivity index (χ3n) is 3.45. The minimum absolute atomic E-state index is 0.0111. The van der Waals surface area contributed by atoms with Gasteiger partial charge in [-0.25, -0.2) is 0 Å². The van der Waals surface area contributed by atoms with Crippen molar-refractivity contribution >= 4 is 0 Å². The standard InChI is InChI=1S/C16H29N3O3/c17-19-18-11-7-4-2-1-3-5-8-12-20-14-15-22-16-10-6-9-13-21-16/h2,4,16H,1,3,5-15H2/b4-2-. The summed E-state index contributed by atoms with van der Waals surface area (Å²) in [4.78, 5) is 2.71. The zero-order valence-electron chi connectivity index (χ0n) is 13.5. The van der Waals surface area contributed by atoms with Gasteiger partial charge < -0.3 is 14.2 Å². The summed E-state index contributed by atoms with van der Waals surface area (Å²) in [6, 6.07) is 0. The molecule has 0 aliphatic carbocycles. The highest BCUT2D eigenvalue weighted by Crippen LogP contribution is 2.13. The van der Waals surface area contributed by atoms with Gasteiger partial charge in [0.15, 0.2) is 6.29 Å². The molecule has 1 rings (SSSR count). The summed E-state index contributed by atoms with van der Waals surface area (Å²) in [5, 5.41) is 3.48. The van der Waals surface area contributed by atoms with Crippen LogP contribution >= 0.6 is 0 Å². The van der Waals surface area contributed by atoms with Crippen LogP contribution in [0.3, 0.4) is 0 Å². The van der Waals surface area contributed by atoms with Gasteiger partial charge in [-0.1, -0.05) is 23.7 Å². The molecular weight excluding hydrogens is 282 g/mol. The topological polar surface area (TPSA) is 76.5 Å². The van der Waals surface area contributed by atoms with Crippen molar-refractivity contribution in [2.75, 3.05) is 33.0 Å². The fourth-order valence-corrected chi connectivity index (χ4v) is 2.24. The van der Waals surface area contributed by atoms with E-state index >= 15 is 0 Å². The van der Waals surface area contributed by atoms with Crippen LogP contribution in [0.5, 0.6) is 0 Å². The summed E-state index contributed by atoms with van der Waals surface area (Å²) in [6.45, 7) is 3.45. The second-order valence-corrected chi connectivity index (χ2v) is 5.34. The largest absolute Gasteiger partial charge is 0.379 e. The number of unbranched alkanes of at least 4 members (excludes halogenated alkanes) is 3. The van der Waals surface area contributed by atoms with Crippen molar-refractivity contribution in [2.45, 2.75) is 57.7 Å². The van der Waals surface area contributed by atoms with Crippen LogP contribution in [-0.4, -0.2) is 39.3 Å². The van der Waals surface area contributed by atoms with Crippen LogP contribution in [0.2, 0.25) is 0 Å². The molecule has 1 aliphatic rings. The second kappa shape index (κ2) is 14.9. The summed E-state index contributed by atoms with van der Waals surface area (Å²) in [6.07, 6.45) is 12.9. The average molecular weight is 311 g/mol. The molecule has 1 atom stereocenters. The van der Waals surface area contributed by atoms with E-state index in [1.54, 1.807) is 0 Å². The van der Waals surface area contributed by atoms with Gasteiger partial charge in [0.25, 0.3) is 0 Å². The first kappa shape index (κ1) is 19.0. The van der Waals surface area contributed by atoms with E-state index in [0.29, 0.717) is 19.8 Å². The molecule has 22 heavy (non-hydrogen) atoms. The Kier molecular flexibility index (Phi) is 12.8. The van der Waals surface area contributed by atoms with Crippen LogP contribution in [0, 0.1) is 0 Å². The van der Waals surface area contributed by atoms with Gasteiger partial charge >= 0.3 is 0 Å². The van der Waals surface area contributed by atoms with Crippen LogP contribution in [0.15, 0.2) is 17.3 Å². The molecule has 1 unspecified atom stereocenters. The monoisotopic (exact) mass is 311 g/mol. The van der Waals surface area contributed by atoms with Crippen molar-refractivity contribution in [1.82, 2.24) is 0 Å². The lowest BCUT2D eigenvalue weighted by molar-refractivity contribution is -0.169. The molecule has 1 saturated heterocycles. The van der Waals surface area contributed by atoms with Gasteiger partial charge in [-0.2, -0.15) is 0 Å². The number of allylic oxidation sites excluding steroid dienone is 1. The van der Waals surface area contributed by atoms with Crippen molar-refractivity contribution < 1.29 is 14.2 Å². The Morgan fingerprint density at radius 1 is 1.09 bits per heavy atom. The zero-order valence-corrected chi connectivity index (χ0v) is 13.5. The Morgan fingerprint density at radius 3 is 2.82 bits per heavy atom. The SMILES string of the molecule is [N-]=[N+]=NCC/C=C\CCCCCOCCOC1CCCCO1. The number of azide groups is 1. The van der Waals surface area contributed by atoms with Gasteiger partial charge in [-0.15, -0.1) is 0 Å². The molecule has 0 bridgehead atoms. The van der Waals surface area contributed by atoms with Gasteiger partial charge in [0, 0.05) is 24.7 Å². The molecule has 0 spiro atoms. The number of nitrogens with zero attached hydrogens (tertiary/aromatic N) is 3. The summed E-state index contributed by atoms with van der Waals surface area (Å²) in [5.41, 5.74) is 8.12. The Labute approximate surface area is 133 Å². The number of ether oxygens (including phenoxy) is 3. The van der Waals surface area contributed by atoms with E-state index in [-0.39, 0.29) is 6.29 Å². The van der Waals surface area contributed by atoms with Crippen LogP contribution in [0.1, 0.15) is 51.4 Å². The first-order valence-corrected chi connectivity index (χ1v) is 8.40. The van der Waals surface area contributed by atoms with Gasteiger partial charge in [0.2, 0.25) is 0 Å². The summed E-state index contributed by atoms with van der Waals surface area (Å²) >= 11 is 0. The van der Waals surface area contributed by atoms with E-state index in [1.165, 1.54) is 19.3 Å². The molecule has 6 nitrogen and oxygen atoms in total. The fraction of sp³-hybridized carbons (Fsp3) is 0.875. The van der Waals surface area contributed by atoms with E-state index in [9.17, 15) is 0 Å². The Bertz CT molecular complexity index is 325. The lowest BCUT2D eigenvalue weighted by Crippen LogP contribution is -2.24. The van der Waals surface area contributed by atoms with Crippen molar-refractivity contribution in [3.8, 4) is 0 Å². The number of hydrogen-bond acceptors (Lipinski definition) is 4. The van der Waals surface area contributed by atoms with E-state index in [0.717, 1.165) is 45.3 Å². The summed E-state index contributed by atoms with van der Waals surface area (Å²) < 4.78 is 16.6. The molecule has 1 heterocycles. The minimum Gasteiger partial charge on any atom is -0.379 e. The molecule has 6 heteroatoms. The quantitative estimate of drug-likeness (QED) is 0.167. The van der Waals surface area contributed by atoms with Crippen LogP contribution in [0.25, 0.3) is 10.4 Å². The molecule has 0 radical (unpaired) electrons. The molecule has 1 fully saturated rings. The highest BCUT2D eigenvalue weighted by molar-refractivity contribution is 4.82. The number of hydrogen-bond donors (Lipinski definition) is 0. The Hall–Kier alpha value is -1.07. The zero-order chi connectivity index (χ0) is 15.7. The van der Waals surface area contributed by atoms with Crippen molar-refractivity contribution in [1.29, 1.82) is 0 Å². The van der Waals surface area contributed by atoms with Crippen molar-refractivity contribution in [3.05, 3.63) is 22.6 Å². The predicted octanol–water partition coefficient (Wildman–Crippen LogP) is 4.36. The third kappa shape index (κ3) is 11.6. The summed E-state index contributed by atoms with van der Waals surface area (Å²) in [7, 11) is 0. The van der Waals surface area contributed by atoms with E-state index in [2.05, 4.69) is 22.2 Å². The Balaban J connectivity index is 1.75.